The topological polar surface area (TPSA) is 37.8 Å². The van der Waals surface area contributed by atoms with Crippen molar-refractivity contribution in [3.63, 3.8) is 0 Å². The second-order valence-electron chi connectivity index (χ2n) is 6.25. The van der Waals surface area contributed by atoms with Crippen molar-refractivity contribution in [2.45, 2.75) is 57.7 Å². The molecule has 3 nitrogen and oxygen atoms in total. The number of benzene rings is 1. The van der Waals surface area contributed by atoms with Gasteiger partial charge in [-0.15, -0.1) is 0 Å². The predicted octanol–water partition coefficient (Wildman–Crippen LogP) is 5.09. The standard InChI is InChI=1S/C17H20F3N3/c1-11-8-9-14-13(10-11)15(23-16(22-14)17(18,19)20)21-12-6-4-2-3-5-7-12/h8-10,12H,2-7H2,1H3,(H,21,22,23). The van der Waals surface area contributed by atoms with E-state index in [1.165, 1.54) is 12.8 Å². The maximum atomic E-state index is 13.1. The lowest BCUT2D eigenvalue weighted by molar-refractivity contribution is -0.144. The minimum atomic E-state index is -4.54. The normalized spacial score (nSPS) is 17.2. The number of halogens is 3. The van der Waals surface area contributed by atoms with Gasteiger partial charge >= 0.3 is 6.18 Å². The van der Waals surface area contributed by atoms with Crippen LogP contribution in [0.3, 0.4) is 0 Å². The molecule has 0 amide bonds. The van der Waals surface area contributed by atoms with Crippen molar-refractivity contribution >= 4 is 16.7 Å². The van der Waals surface area contributed by atoms with E-state index in [1.807, 2.05) is 13.0 Å². The van der Waals surface area contributed by atoms with Crippen molar-refractivity contribution < 1.29 is 13.2 Å². The van der Waals surface area contributed by atoms with Crippen molar-refractivity contribution in [1.29, 1.82) is 0 Å². The van der Waals surface area contributed by atoms with Crippen LogP contribution in [0.1, 0.15) is 49.9 Å². The smallest absolute Gasteiger partial charge is 0.367 e. The molecule has 0 radical (unpaired) electrons. The summed E-state index contributed by atoms with van der Waals surface area (Å²) < 4.78 is 39.2. The lowest BCUT2D eigenvalue weighted by atomic mass is 10.1. The van der Waals surface area contributed by atoms with Gasteiger partial charge in [-0.2, -0.15) is 13.2 Å². The van der Waals surface area contributed by atoms with Crippen LogP contribution in [0.4, 0.5) is 19.0 Å². The lowest BCUT2D eigenvalue weighted by Gasteiger charge is -2.19. The van der Waals surface area contributed by atoms with E-state index in [0.29, 0.717) is 16.7 Å². The molecule has 3 rings (SSSR count). The van der Waals surface area contributed by atoms with E-state index >= 15 is 0 Å². The highest BCUT2D eigenvalue weighted by Gasteiger charge is 2.35. The number of aromatic nitrogens is 2. The molecule has 1 N–H and O–H groups in total. The van der Waals surface area contributed by atoms with E-state index in [0.717, 1.165) is 31.2 Å². The summed E-state index contributed by atoms with van der Waals surface area (Å²) >= 11 is 0. The quantitative estimate of drug-likeness (QED) is 0.782. The molecular formula is C17H20F3N3. The fraction of sp³-hybridized carbons (Fsp3) is 0.529. The van der Waals surface area contributed by atoms with Gasteiger partial charge in [0.25, 0.3) is 0 Å². The van der Waals surface area contributed by atoms with E-state index < -0.39 is 12.0 Å². The monoisotopic (exact) mass is 323 g/mol. The molecule has 1 aliphatic rings. The Morgan fingerprint density at radius 3 is 2.39 bits per heavy atom. The predicted molar refractivity (Wildman–Crippen MR) is 84.4 cm³/mol. The van der Waals surface area contributed by atoms with Gasteiger partial charge in [-0.1, -0.05) is 37.3 Å². The minimum absolute atomic E-state index is 0.178. The summed E-state index contributed by atoms with van der Waals surface area (Å²) in [6.07, 6.45) is 1.99. The van der Waals surface area contributed by atoms with Gasteiger partial charge in [0.2, 0.25) is 5.82 Å². The first kappa shape index (κ1) is 16.0. The van der Waals surface area contributed by atoms with Crippen LogP contribution in [0, 0.1) is 6.92 Å². The first-order valence-electron chi connectivity index (χ1n) is 8.05. The highest BCUT2D eigenvalue weighted by atomic mass is 19.4. The lowest BCUT2D eigenvalue weighted by Crippen LogP contribution is -2.21. The number of anilines is 1. The van der Waals surface area contributed by atoms with Crippen LogP contribution in [0.2, 0.25) is 0 Å². The summed E-state index contributed by atoms with van der Waals surface area (Å²) in [6.45, 7) is 1.91. The highest BCUT2D eigenvalue weighted by molar-refractivity contribution is 5.89. The zero-order valence-corrected chi connectivity index (χ0v) is 13.1. The second-order valence-corrected chi connectivity index (χ2v) is 6.25. The zero-order chi connectivity index (χ0) is 16.4. The molecular weight excluding hydrogens is 303 g/mol. The van der Waals surface area contributed by atoms with Crippen LogP contribution in [-0.2, 0) is 6.18 Å². The van der Waals surface area contributed by atoms with Gasteiger partial charge in [0, 0.05) is 11.4 Å². The largest absolute Gasteiger partial charge is 0.451 e. The zero-order valence-electron chi connectivity index (χ0n) is 13.1. The number of hydrogen-bond acceptors (Lipinski definition) is 3. The maximum absolute atomic E-state index is 13.1. The first-order valence-corrected chi connectivity index (χ1v) is 8.05. The van der Waals surface area contributed by atoms with Crippen molar-refractivity contribution in [2.75, 3.05) is 5.32 Å². The van der Waals surface area contributed by atoms with E-state index in [-0.39, 0.29) is 6.04 Å². The Bertz CT molecular complexity index is 689. The maximum Gasteiger partial charge on any atom is 0.451 e. The summed E-state index contributed by atoms with van der Waals surface area (Å²) in [5.41, 5.74) is 1.30. The Labute approximate surface area is 133 Å². The molecule has 23 heavy (non-hydrogen) atoms. The van der Waals surface area contributed by atoms with E-state index in [9.17, 15) is 13.2 Å². The van der Waals surface area contributed by atoms with Gasteiger partial charge in [-0.25, -0.2) is 9.97 Å². The fourth-order valence-electron chi connectivity index (χ4n) is 3.10. The fourth-order valence-corrected chi connectivity index (χ4v) is 3.10. The SMILES string of the molecule is Cc1ccc2nc(C(F)(F)F)nc(NC3CCCCCC3)c2c1. The van der Waals surface area contributed by atoms with Crippen molar-refractivity contribution in [3.8, 4) is 0 Å². The average molecular weight is 323 g/mol. The molecule has 1 heterocycles. The molecule has 0 bridgehead atoms. The highest BCUT2D eigenvalue weighted by Crippen LogP contribution is 2.31. The Hall–Kier alpha value is -1.85. The van der Waals surface area contributed by atoms with Crippen LogP contribution in [0.15, 0.2) is 18.2 Å². The van der Waals surface area contributed by atoms with Crippen molar-refractivity contribution in [3.05, 3.63) is 29.6 Å². The van der Waals surface area contributed by atoms with Gasteiger partial charge in [-0.05, 0) is 31.9 Å². The summed E-state index contributed by atoms with van der Waals surface area (Å²) in [5.74, 6) is -0.775. The minimum Gasteiger partial charge on any atom is -0.367 e. The van der Waals surface area contributed by atoms with E-state index in [2.05, 4.69) is 15.3 Å². The van der Waals surface area contributed by atoms with Gasteiger partial charge in [-0.3, -0.25) is 0 Å². The van der Waals surface area contributed by atoms with Gasteiger partial charge in [0.15, 0.2) is 0 Å². The molecule has 1 aromatic carbocycles. The average Bonchev–Trinajstić information content (AvgIpc) is 2.75. The Balaban J connectivity index is 2.03. The molecule has 124 valence electrons. The molecule has 0 atom stereocenters. The molecule has 1 aliphatic carbocycles. The number of alkyl halides is 3. The first-order chi connectivity index (χ1) is 10.9. The third kappa shape index (κ3) is 3.74. The molecule has 0 spiro atoms. The van der Waals surface area contributed by atoms with Crippen LogP contribution < -0.4 is 5.32 Å². The summed E-state index contributed by atoms with van der Waals surface area (Å²) in [5, 5.41) is 3.91. The van der Waals surface area contributed by atoms with Crippen molar-refractivity contribution in [1.82, 2.24) is 9.97 Å². The summed E-state index contributed by atoms with van der Waals surface area (Å²) in [6, 6.07) is 5.41. The molecule has 1 aromatic heterocycles. The van der Waals surface area contributed by atoms with Crippen LogP contribution in [0.25, 0.3) is 10.9 Å². The number of aryl methyl sites for hydroxylation is 1. The van der Waals surface area contributed by atoms with Gasteiger partial charge in [0.1, 0.15) is 5.82 Å². The Morgan fingerprint density at radius 2 is 1.74 bits per heavy atom. The molecule has 1 fully saturated rings. The van der Waals surface area contributed by atoms with E-state index in [1.54, 1.807) is 12.1 Å². The van der Waals surface area contributed by atoms with Gasteiger partial charge < -0.3 is 5.32 Å². The Morgan fingerprint density at radius 1 is 1.04 bits per heavy atom. The molecule has 0 saturated heterocycles. The number of nitrogens with one attached hydrogen (secondary N) is 1. The van der Waals surface area contributed by atoms with Crippen LogP contribution in [-0.4, -0.2) is 16.0 Å². The molecule has 6 heteroatoms. The van der Waals surface area contributed by atoms with Crippen LogP contribution >= 0.6 is 0 Å². The second kappa shape index (κ2) is 6.34. The molecule has 0 unspecified atom stereocenters. The summed E-state index contributed by atoms with van der Waals surface area (Å²) in [4.78, 5) is 7.47. The number of hydrogen-bond donors (Lipinski definition) is 1. The van der Waals surface area contributed by atoms with E-state index in [4.69, 9.17) is 0 Å². The molecule has 2 aromatic rings. The third-order valence-corrected chi connectivity index (χ3v) is 4.30. The third-order valence-electron chi connectivity index (χ3n) is 4.30. The number of nitrogens with zero attached hydrogens (tertiary/aromatic N) is 2. The van der Waals surface area contributed by atoms with Crippen molar-refractivity contribution in [2.24, 2.45) is 0 Å². The number of fused-ring (bicyclic) bond motifs is 1. The number of rotatable bonds is 2. The summed E-state index contributed by atoms with van der Waals surface area (Å²) in [7, 11) is 0. The molecule has 0 aliphatic heterocycles. The molecule has 1 saturated carbocycles. The Kier molecular flexibility index (Phi) is 4.41. The van der Waals surface area contributed by atoms with Crippen LogP contribution in [0.5, 0.6) is 0 Å². The van der Waals surface area contributed by atoms with Gasteiger partial charge in [0.05, 0.1) is 5.52 Å².